The van der Waals surface area contributed by atoms with Crippen LogP contribution < -0.4 is 20.6 Å². The minimum absolute atomic E-state index is 0.270. The zero-order valence-electron chi connectivity index (χ0n) is 11.1. The Balaban J connectivity index is 1.97. The number of para-hydroxylation sites is 2. The van der Waals surface area contributed by atoms with E-state index in [9.17, 15) is 4.39 Å². The van der Waals surface area contributed by atoms with Gasteiger partial charge in [-0.25, -0.2) is 14.4 Å². The highest BCUT2D eigenvalue weighted by Crippen LogP contribution is 2.18. The van der Waals surface area contributed by atoms with Crippen molar-refractivity contribution in [2.24, 2.45) is 5.73 Å². The van der Waals surface area contributed by atoms with E-state index in [4.69, 9.17) is 5.73 Å². The van der Waals surface area contributed by atoms with Crippen molar-refractivity contribution in [3.8, 4) is 0 Å². The molecule has 0 radical (unpaired) electrons. The van der Waals surface area contributed by atoms with Crippen LogP contribution in [0, 0.1) is 5.82 Å². The van der Waals surface area contributed by atoms with Crippen molar-refractivity contribution in [1.29, 1.82) is 0 Å². The first-order valence-electron chi connectivity index (χ1n) is 6.66. The summed E-state index contributed by atoms with van der Waals surface area (Å²) in [6.45, 7) is 0. The summed E-state index contributed by atoms with van der Waals surface area (Å²) in [6.07, 6.45) is -0.270. The molecule has 6 heteroatoms. The summed E-state index contributed by atoms with van der Waals surface area (Å²) in [4.78, 5) is 6.43. The number of H-pyrrole nitrogens is 1. The molecule has 104 valence electrons. The van der Waals surface area contributed by atoms with Crippen LogP contribution in [0.1, 0.15) is 11.7 Å². The fourth-order valence-corrected chi connectivity index (χ4v) is 2.74. The minimum Gasteiger partial charge on any atom is -0.290 e. The summed E-state index contributed by atoms with van der Waals surface area (Å²) < 4.78 is 15.6. The second kappa shape index (κ2) is 4.31. The lowest BCUT2D eigenvalue weighted by Gasteiger charge is -2.16. The molecule has 0 saturated heterocycles. The maximum absolute atomic E-state index is 13.5. The number of guanidine groups is 1. The van der Waals surface area contributed by atoms with E-state index >= 15 is 0 Å². The van der Waals surface area contributed by atoms with Gasteiger partial charge in [0.25, 0.3) is 0 Å². The Morgan fingerprint density at radius 2 is 2.00 bits per heavy atom. The van der Waals surface area contributed by atoms with Gasteiger partial charge in [0, 0.05) is 5.56 Å². The second-order valence-electron chi connectivity index (χ2n) is 5.00. The summed E-state index contributed by atoms with van der Waals surface area (Å²) in [7, 11) is 0. The standard InChI is InChI=1S/C15H12FN5/c16-10-5-3-4-9(8-10)13-19-14(17)20-15-18-11-6-1-2-7-12(11)21(13)15/h1-8,13H,(H3,17,18,19,20)/p+2/t13-/m0/s1. The number of aromatic amines is 1. The first-order chi connectivity index (χ1) is 10.2. The molecule has 3 aromatic rings. The van der Waals surface area contributed by atoms with Crippen LogP contribution in [0.4, 0.5) is 10.3 Å². The molecule has 4 rings (SSSR count). The van der Waals surface area contributed by atoms with Gasteiger partial charge in [0.15, 0.2) is 0 Å². The summed E-state index contributed by atoms with van der Waals surface area (Å²) >= 11 is 0. The average molecular weight is 283 g/mol. The number of hydrogen-bond donors (Lipinski definition) is 4. The number of hydrogen-bond acceptors (Lipinski definition) is 2. The third-order valence-electron chi connectivity index (χ3n) is 3.63. The molecule has 0 fully saturated rings. The van der Waals surface area contributed by atoms with E-state index in [0.29, 0.717) is 5.96 Å². The molecule has 5 nitrogen and oxygen atoms in total. The summed E-state index contributed by atoms with van der Waals surface area (Å²) in [5.41, 5.74) is 8.70. The molecule has 0 aliphatic carbocycles. The molecule has 0 unspecified atom stereocenters. The van der Waals surface area contributed by atoms with Gasteiger partial charge in [0.05, 0.1) is 0 Å². The number of halogens is 1. The SMILES string of the molecule is NC1=[NH+][C@H](c2cccc(F)c2)[n+]2c([nH]c3ccccc32)N1. The number of fused-ring (bicyclic) bond motifs is 3. The van der Waals surface area contributed by atoms with Crippen molar-refractivity contribution in [3.63, 3.8) is 0 Å². The van der Waals surface area contributed by atoms with Crippen LogP contribution in [0.5, 0.6) is 0 Å². The predicted octanol–water partition coefficient (Wildman–Crippen LogP) is -0.0378. The molecule has 21 heavy (non-hydrogen) atoms. The van der Waals surface area contributed by atoms with Gasteiger partial charge < -0.3 is 0 Å². The van der Waals surface area contributed by atoms with Crippen molar-refractivity contribution in [1.82, 2.24) is 4.98 Å². The number of aromatic nitrogens is 2. The van der Waals surface area contributed by atoms with Crippen LogP contribution in [-0.4, -0.2) is 10.9 Å². The summed E-state index contributed by atoms with van der Waals surface area (Å²) in [5, 5.41) is 3.06. The number of rotatable bonds is 1. The molecule has 1 atom stereocenters. The molecule has 1 aliphatic rings. The number of anilines is 1. The van der Waals surface area contributed by atoms with Crippen LogP contribution in [0.2, 0.25) is 0 Å². The van der Waals surface area contributed by atoms with E-state index < -0.39 is 0 Å². The number of nitrogens with one attached hydrogen (secondary N) is 3. The molecule has 2 aromatic carbocycles. The van der Waals surface area contributed by atoms with E-state index in [-0.39, 0.29) is 12.0 Å². The van der Waals surface area contributed by atoms with Crippen molar-refractivity contribution in [3.05, 3.63) is 59.9 Å². The maximum atomic E-state index is 13.5. The molecular formula is C15H14FN5+2. The zero-order chi connectivity index (χ0) is 14.4. The Kier molecular flexibility index (Phi) is 2.44. The van der Waals surface area contributed by atoms with Gasteiger partial charge >= 0.3 is 11.9 Å². The lowest BCUT2D eigenvalue weighted by atomic mass is 10.1. The molecular weight excluding hydrogens is 269 g/mol. The van der Waals surface area contributed by atoms with Crippen LogP contribution in [-0.2, 0) is 0 Å². The van der Waals surface area contributed by atoms with Gasteiger partial charge in [-0.1, -0.05) is 24.3 Å². The molecule has 0 spiro atoms. The molecule has 1 aliphatic heterocycles. The fraction of sp³-hybridized carbons (Fsp3) is 0.0667. The van der Waals surface area contributed by atoms with Crippen molar-refractivity contribution >= 4 is 22.9 Å². The largest absolute Gasteiger partial charge is 0.368 e. The number of benzene rings is 2. The van der Waals surface area contributed by atoms with Gasteiger partial charge in [-0.2, -0.15) is 9.88 Å². The topological polar surface area (TPSA) is 71.7 Å². The number of nitrogens with two attached hydrogens (primary N) is 1. The van der Waals surface area contributed by atoms with Crippen LogP contribution in [0.15, 0.2) is 48.5 Å². The first kappa shape index (κ1) is 11.9. The first-order valence-corrected chi connectivity index (χ1v) is 6.66. The molecule has 1 aromatic heterocycles. The fourth-order valence-electron chi connectivity index (χ4n) is 2.74. The van der Waals surface area contributed by atoms with Crippen LogP contribution >= 0.6 is 0 Å². The minimum atomic E-state index is -0.270. The van der Waals surface area contributed by atoms with E-state index in [1.165, 1.54) is 12.1 Å². The second-order valence-corrected chi connectivity index (χ2v) is 5.00. The lowest BCUT2D eigenvalue weighted by molar-refractivity contribution is -0.840. The maximum Gasteiger partial charge on any atom is 0.368 e. The normalized spacial score (nSPS) is 17.2. The average Bonchev–Trinajstić information content (AvgIpc) is 2.84. The Bertz CT molecular complexity index is 867. The Labute approximate surface area is 119 Å². The molecule has 2 heterocycles. The quantitative estimate of drug-likeness (QED) is 0.473. The smallest absolute Gasteiger partial charge is 0.290 e. The van der Waals surface area contributed by atoms with Crippen LogP contribution in [0.25, 0.3) is 11.0 Å². The molecule has 0 bridgehead atoms. The van der Waals surface area contributed by atoms with Gasteiger partial charge in [-0.3, -0.25) is 5.73 Å². The van der Waals surface area contributed by atoms with E-state index in [0.717, 1.165) is 22.5 Å². The summed E-state index contributed by atoms with van der Waals surface area (Å²) in [6, 6.07) is 14.4. The highest BCUT2D eigenvalue weighted by atomic mass is 19.1. The van der Waals surface area contributed by atoms with Crippen LogP contribution in [0.3, 0.4) is 0 Å². The lowest BCUT2D eigenvalue weighted by Crippen LogP contribution is -2.88. The van der Waals surface area contributed by atoms with E-state index in [1.54, 1.807) is 6.07 Å². The zero-order valence-corrected chi connectivity index (χ0v) is 11.1. The van der Waals surface area contributed by atoms with Gasteiger partial charge in [0.1, 0.15) is 16.9 Å². The summed E-state index contributed by atoms with van der Waals surface area (Å²) in [5.74, 6) is 0.922. The Morgan fingerprint density at radius 1 is 1.14 bits per heavy atom. The van der Waals surface area contributed by atoms with E-state index in [2.05, 4.69) is 15.3 Å². The van der Waals surface area contributed by atoms with Gasteiger partial charge in [-0.15, -0.1) is 0 Å². The molecule has 5 N–H and O–H groups in total. The van der Waals surface area contributed by atoms with Gasteiger partial charge in [0.2, 0.25) is 6.17 Å². The van der Waals surface area contributed by atoms with Gasteiger partial charge in [-0.05, 0) is 24.3 Å². The van der Waals surface area contributed by atoms with E-state index in [1.807, 2.05) is 34.9 Å². The van der Waals surface area contributed by atoms with Crippen molar-refractivity contribution in [2.75, 3.05) is 5.32 Å². The third-order valence-corrected chi connectivity index (χ3v) is 3.63. The third kappa shape index (κ3) is 1.84. The highest BCUT2D eigenvalue weighted by molar-refractivity contribution is 5.87. The van der Waals surface area contributed by atoms with Crippen molar-refractivity contribution < 1.29 is 13.9 Å². The Morgan fingerprint density at radius 3 is 2.86 bits per heavy atom. The number of imidazole rings is 1. The monoisotopic (exact) mass is 283 g/mol. The highest BCUT2D eigenvalue weighted by Gasteiger charge is 2.32. The van der Waals surface area contributed by atoms with Crippen molar-refractivity contribution in [2.45, 2.75) is 6.17 Å². The molecule has 0 amide bonds. The molecule has 0 saturated carbocycles. The Hall–Kier alpha value is -2.89. The predicted molar refractivity (Wildman–Crippen MR) is 76.8 cm³/mol. The number of nitrogens with zero attached hydrogens (tertiary/aromatic N) is 1.